The van der Waals surface area contributed by atoms with E-state index in [0.29, 0.717) is 34.2 Å². The lowest BCUT2D eigenvalue weighted by atomic mass is 10.1. The molecule has 0 aromatic heterocycles. The largest absolute Gasteiger partial charge is 0.497 e. The zero-order valence-electron chi connectivity index (χ0n) is 16.7. The van der Waals surface area contributed by atoms with E-state index in [1.54, 1.807) is 36.4 Å². The maximum absolute atomic E-state index is 12.0. The fraction of sp³-hybridized carbons (Fsp3) is 0.238. The molecule has 8 heteroatoms. The fourth-order valence-corrected chi connectivity index (χ4v) is 2.46. The standard InChI is InChI=1S/C21H23NO7/c1-25-16-10-15(11-17(12-16)26-2)22-19(23)13-29-20(24)9-8-14-6-5-7-18(27-3)21(14)28-4/h5-12H,13H2,1-4H3,(H,22,23)/b9-8+. The number of hydrogen-bond donors (Lipinski definition) is 1. The first-order valence-electron chi connectivity index (χ1n) is 8.59. The van der Waals surface area contributed by atoms with Crippen LogP contribution in [0.3, 0.4) is 0 Å². The van der Waals surface area contributed by atoms with Crippen LogP contribution in [0.5, 0.6) is 23.0 Å². The van der Waals surface area contributed by atoms with Gasteiger partial charge in [0, 0.05) is 35.5 Å². The number of amides is 1. The molecule has 0 atom stereocenters. The van der Waals surface area contributed by atoms with Gasteiger partial charge in [-0.05, 0) is 12.1 Å². The minimum atomic E-state index is -0.673. The molecule has 2 aromatic carbocycles. The molecule has 0 bridgehead atoms. The Balaban J connectivity index is 1.94. The highest BCUT2D eigenvalue weighted by molar-refractivity contribution is 5.95. The third kappa shape index (κ3) is 6.17. The average Bonchev–Trinajstić information content (AvgIpc) is 2.75. The second kappa shape index (κ2) is 10.6. The van der Waals surface area contributed by atoms with Gasteiger partial charge in [0.25, 0.3) is 5.91 Å². The Labute approximate surface area is 169 Å². The van der Waals surface area contributed by atoms with E-state index in [1.807, 2.05) is 0 Å². The van der Waals surface area contributed by atoms with Gasteiger partial charge in [0.15, 0.2) is 18.1 Å². The third-order valence-electron chi connectivity index (χ3n) is 3.81. The van der Waals surface area contributed by atoms with Crippen molar-refractivity contribution in [1.82, 2.24) is 0 Å². The fourth-order valence-electron chi connectivity index (χ4n) is 2.46. The first-order valence-corrected chi connectivity index (χ1v) is 8.59. The normalized spacial score (nSPS) is 10.3. The van der Waals surface area contributed by atoms with Crippen molar-refractivity contribution in [1.29, 1.82) is 0 Å². The molecule has 154 valence electrons. The van der Waals surface area contributed by atoms with Gasteiger partial charge < -0.3 is 29.0 Å². The van der Waals surface area contributed by atoms with Crippen LogP contribution in [0, 0.1) is 0 Å². The first-order chi connectivity index (χ1) is 14.0. The summed E-state index contributed by atoms with van der Waals surface area (Å²) in [5.41, 5.74) is 1.09. The van der Waals surface area contributed by atoms with Gasteiger partial charge in [-0.15, -0.1) is 0 Å². The predicted molar refractivity (Wildman–Crippen MR) is 108 cm³/mol. The molecule has 1 amide bonds. The van der Waals surface area contributed by atoms with Crippen molar-refractivity contribution in [2.75, 3.05) is 40.4 Å². The van der Waals surface area contributed by atoms with E-state index < -0.39 is 18.5 Å². The van der Waals surface area contributed by atoms with Gasteiger partial charge in [0.1, 0.15) is 11.5 Å². The summed E-state index contributed by atoms with van der Waals surface area (Å²) in [5, 5.41) is 2.62. The molecule has 2 rings (SSSR count). The van der Waals surface area contributed by atoms with Crippen LogP contribution >= 0.6 is 0 Å². The van der Waals surface area contributed by atoms with E-state index in [-0.39, 0.29) is 0 Å². The lowest BCUT2D eigenvalue weighted by Crippen LogP contribution is -2.20. The van der Waals surface area contributed by atoms with Crippen molar-refractivity contribution in [3.8, 4) is 23.0 Å². The zero-order valence-corrected chi connectivity index (χ0v) is 16.7. The summed E-state index contributed by atoms with van der Waals surface area (Å²) in [4.78, 5) is 24.0. The molecule has 0 unspecified atom stereocenters. The molecular formula is C21H23NO7. The number of carbonyl (C=O) groups excluding carboxylic acids is 2. The summed E-state index contributed by atoms with van der Waals surface area (Å²) < 4.78 is 25.7. The van der Waals surface area contributed by atoms with Crippen molar-refractivity contribution < 1.29 is 33.3 Å². The van der Waals surface area contributed by atoms with Gasteiger partial charge in [0.2, 0.25) is 0 Å². The topological polar surface area (TPSA) is 92.3 Å². The summed E-state index contributed by atoms with van der Waals surface area (Å²) in [5.74, 6) is 0.896. The summed E-state index contributed by atoms with van der Waals surface area (Å²) >= 11 is 0. The number of esters is 1. The smallest absolute Gasteiger partial charge is 0.331 e. The number of benzene rings is 2. The van der Waals surface area contributed by atoms with E-state index in [9.17, 15) is 9.59 Å². The molecule has 0 aliphatic heterocycles. The summed E-state index contributed by atoms with van der Waals surface area (Å²) in [7, 11) is 6.04. The monoisotopic (exact) mass is 401 g/mol. The van der Waals surface area contributed by atoms with Crippen LogP contribution in [0.1, 0.15) is 5.56 Å². The molecule has 0 aliphatic carbocycles. The van der Waals surface area contributed by atoms with Crippen molar-refractivity contribution >= 4 is 23.6 Å². The Morgan fingerprint density at radius 2 is 1.62 bits per heavy atom. The molecule has 0 saturated carbocycles. The Hall–Kier alpha value is -3.68. The predicted octanol–water partition coefficient (Wildman–Crippen LogP) is 2.92. The van der Waals surface area contributed by atoms with Crippen molar-refractivity contribution in [2.45, 2.75) is 0 Å². The van der Waals surface area contributed by atoms with Crippen molar-refractivity contribution in [2.24, 2.45) is 0 Å². The van der Waals surface area contributed by atoms with Crippen LogP contribution in [-0.4, -0.2) is 46.9 Å². The van der Waals surface area contributed by atoms with Crippen LogP contribution in [0.4, 0.5) is 5.69 Å². The van der Waals surface area contributed by atoms with Crippen LogP contribution < -0.4 is 24.3 Å². The second-order valence-corrected chi connectivity index (χ2v) is 5.67. The molecule has 1 N–H and O–H groups in total. The van der Waals surface area contributed by atoms with Gasteiger partial charge in [-0.2, -0.15) is 0 Å². The molecule has 0 spiro atoms. The molecule has 0 heterocycles. The van der Waals surface area contributed by atoms with Gasteiger partial charge in [0.05, 0.1) is 28.4 Å². The second-order valence-electron chi connectivity index (χ2n) is 5.67. The Morgan fingerprint density at radius 3 is 2.21 bits per heavy atom. The van der Waals surface area contributed by atoms with Gasteiger partial charge in [-0.25, -0.2) is 4.79 Å². The molecule has 0 radical (unpaired) electrons. The molecule has 0 saturated heterocycles. The number of rotatable bonds is 9. The molecule has 29 heavy (non-hydrogen) atoms. The van der Waals surface area contributed by atoms with Crippen LogP contribution in [0.2, 0.25) is 0 Å². The van der Waals surface area contributed by atoms with E-state index in [4.69, 9.17) is 23.7 Å². The van der Waals surface area contributed by atoms with Crippen molar-refractivity contribution in [3.05, 3.63) is 48.0 Å². The number of anilines is 1. The van der Waals surface area contributed by atoms with Gasteiger partial charge >= 0.3 is 5.97 Å². The molecule has 2 aromatic rings. The van der Waals surface area contributed by atoms with E-state index in [2.05, 4.69) is 5.32 Å². The highest BCUT2D eigenvalue weighted by atomic mass is 16.5. The quantitative estimate of drug-likeness (QED) is 0.510. The van der Waals surface area contributed by atoms with E-state index in [1.165, 1.54) is 40.6 Å². The van der Waals surface area contributed by atoms with Crippen molar-refractivity contribution in [3.63, 3.8) is 0 Å². The summed E-state index contributed by atoms with van der Waals surface area (Å²) in [6, 6.07) is 10.2. The van der Waals surface area contributed by atoms with E-state index >= 15 is 0 Å². The highest BCUT2D eigenvalue weighted by Gasteiger charge is 2.10. The Bertz CT molecular complexity index is 870. The zero-order chi connectivity index (χ0) is 21.2. The number of para-hydroxylation sites is 1. The minimum absolute atomic E-state index is 0.446. The lowest BCUT2D eigenvalue weighted by Gasteiger charge is -2.10. The molecule has 0 aliphatic rings. The Morgan fingerprint density at radius 1 is 0.931 bits per heavy atom. The number of carbonyl (C=O) groups is 2. The maximum atomic E-state index is 12.0. The van der Waals surface area contributed by atoms with Crippen LogP contribution in [0.25, 0.3) is 6.08 Å². The summed E-state index contributed by atoms with van der Waals surface area (Å²) in [6.45, 7) is -0.446. The highest BCUT2D eigenvalue weighted by Crippen LogP contribution is 2.31. The third-order valence-corrected chi connectivity index (χ3v) is 3.81. The first kappa shape index (κ1) is 21.6. The van der Waals surface area contributed by atoms with Crippen LogP contribution in [0.15, 0.2) is 42.5 Å². The number of ether oxygens (including phenoxy) is 5. The summed E-state index contributed by atoms with van der Waals surface area (Å²) in [6.07, 6.45) is 2.73. The molecule has 8 nitrogen and oxygen atoms in total. The number of methoxy groups -OCH3 is 4. The Kier molecular flexibility index (Phi) is 7.90. The number of nitrogens with one attached hydrogen (secondary N) is 1. The van der Waals surface area contributed by atoms with E-state index in [0.717, 1.165) is 0 Å². The van der Waals surface area contributed by atoms with Gasteiger partial charge in [-0.1, -0.05) is 12.1 Å². The minimum Gasteiger partial charge on any atom is -0.497 e. The average molecular weight is 401 g/mol. The number of hydrogen-bond acceptors (Lipinski definition) is 7. The van der Waals surface area contributed by atoms with Crippen LogP contribution in [-0.2, 0) is 14.3 Å². The molecule has 0 fully saturated rings. The van der Waals surface area contributed by atoms with Gasteiger partial charge in [-0.3, -0.25) is 4.79 Å². The lowest BCUT2D eigenvalue weighted by molar-refractivity contribution is -0.142. The SMILES string of the molecule is COc1cc(NC(=O)COC(=O)/C=C/c2cccc(OC)c2OC)cc(OC)c1. The molecular weight excluding hydrogens is 378 g/mol. The maximum Gasteiger partial charge on any atom is 0.331 e.